The molecule has 0 aliphatic heterocycles. The first kappa shape index (κ1) is 10.8. The zero-order valence-corrected chi connectivity index (χ0v) is 10.6. The standard InChI is InChI=1S/C12H11BrFN3/c13-7-1-4-10(14)9(5-7)11-12(15)17(6-16-11)8-2-3-8/h1,4-6,8H,2-3,15H2. The van der Waals surface area contributed by atoms with Crippen molar-refractivity contribution < 1.29 is 4.39 Å². The molecule has 0 amide bonds. The maximum atomic E-state index is 13.7. The Morgan fingerprint density at radius 3 is 2.88 bits per heavy atom. The van der Waals surface area contributed by atoms with Gasteiger partial charge in [0.2, 0.25) is 0 Å². The third-order valence-electron chi connectivity index (χ3n) is 2.96. The Morgan fingerprint density at radius 1 is 1.41 bits per heavy atom. The van der Waals surface area contributed by atoms with Gasteiger partial charge in [0.05, 0.1) is 6.33 Å². The summed E-state index contributed by atoms with van der Waals surface area (Å²) in [7, 11) is 0. The van der Waals surface area contributed by atoms with Crippen molar-refractivity contribution in [3.05, 3.63) is 34.8 Å². The van der Waals surface area contributed by atoms with Crippen LogP contribution in [0.1, 0.15) is 18.9 Å². The second-order valence-corrected chi connectivity index (χ2v) is 5.16. The summed E-state index contributed by atoms with van der Waals surface area (Å²) in [6.45, 7) is 0. The maximum Gasteiger partial charge on any atom is 0.132 e. The topological polar surface area (TPSA) is 43.8 Å². The highest BCUT2D eigenvalue weighted by Gasteiger charge is 2.27. The zero-order valence-electron chi connectivity index (χ0n) is 9.03. The molecule has 17 heavy (non-hydrogen) atoms. The number of nitrogens with zero attached hydrogens (tertiary/aromatic N) is 2. The molecule has 1 saturated carbocycles. The first-order chi connectivity index (χ1) is 8.16. The van der Waals surface area contributed by atoms with Crippen molar-refractivity contribution in [1.82, 2.24) is 9.55 Å². The quantitative estimate of drug-likeness (QED) is 0.923. The summed E-state index contributed by atoms with van der Waals surface area (Å²) in [5, 5.41) is 0. The number of hydrogen-bond acceptors (Lipinski definition) is 2. The Hall–Kier alpha value is -1.36. The van der Waals surface area contributed by atoms with Gasteiger partial charge in [0.15, 0.2) is 0 Å². The van der Waals surface area contributed by atoms with E-state index in [1.165, 1.54) is 6.07 Å². The van der Waals surface area contributed by atoms with Gasteiger partial charge in [-0.2, -0.15) is 0 Å². The van der Waals surface area contributed by atoms with Crippen LogP contribution in [0.4, 0.5) is 10.2 Å². The van der Waals surface area contributed by atoms with Crippen LogP contribution < -0.4 is 5.73 Å². The number of benzene rings is 1. The summed E-state index contributed by atoms with van der Waals surface area (Å²) in [5.74, 6) is 0.241. The second kappa shape index (κ2) is 3.84. The van der Waals surface area contributed by atoms with Gasteiger partial charge in [-0.1, -0.05) is 15.9 Å². The van der Waals surface area contributed by atoms with E-state index < -0.39 is 0 Å². The monoisotopic (exact) mass is 295 g/mol. The highest BCUT2D eigenvalue weighted by molar-refractivity contribution is 9.10. The summed E-state index contributed by atoms with van der Waals surface area (Å²) in [5.41, 5.74) is 6.98. The van der Waals surface area contributed by atoms with E-state index in [4.69, 9.17) is 5.73 Å². The minimum atomic E-state index is -0.305. The molecule has 1 fully saturated rings. The van der Waals surface area contributed by atoms with Crippen molar-refractivity contribution >= 4 is 21.7 Å². The average Bonchev–Trinajstić information content (AvgIpc) is 3.07. The van der Waals surface area contributed by atoms with E-state index >= 15 is 0 Å². The Bertz CT molecular complexity index is 575. The number of aromatic nitrogens is 2. The predicted molar refractivity (Wildman–Crippen MR) is 68.0 cm³/mol. The van der Waals surface area contributed by atoms with Crippen LogP contribution in [0.15, 0.2) is 29.0 Å². The molecule has 0 saturated heterocycles. The SMILES string of the molecule is Nc1c(-c2cc(Br)ccc2F)ncn1C1CC1. The van der Waals surface area contributed by atoms with Crippen molar-refractivity contribution in [2.24, 2.45) is 0 Å². The number of nitrogens with two attached hydrogens (primary N) is 1. The van der Waals surface area contributed by atoms with Crippen LogP contribution in [0.3, 0.4) is 0 Å². The molecular weight excluding hydrogens is 285 g/mol. The lowest BCUT2D eigenvalue weighted by molar-refractivity contribution is 0.630. The van der Waals surface area contributed by atoms with Gasteiger partial charge in [-0.25, -0.2) is 9.37 Å². The number of halogens is 2. The van der Waals surface area contributed by atoms with Gasteiger partial charge in [-0.05, 0) is 31.0 Å². The Kier molecular flexibility index (Phi) is 2.43. The predicted octanol–water partition coefficient (Wildman–Crippen LogP) is 3.37. The van der Waals surface area contributed by atoms with Crippen LogP contribution in [0.5, 0.6) is 0 Å². The minimum absolute atomic E-state index is 0.305. The molecule has 3 rings (SSSR count). The average molecular weight is 296 g/mol. The second-order valence-electron chi connectivity index (χ2n) is 4.24. The van der Waals surface area contributed by atoms with E-state index in [0.717, 1.165) is 17.3 Å². The summed E-state index contributed by atoms with van der Waals surface area (Å²) in [4.78, 5) is 4.23. The molecule has 0 radical (unpaired) electrons. The number of nitrogen functional groups attached to an aromatic ring is 1. The van der Waals surface area contributed by atoms with E-state index in [9.17, 15) is 4.39 Å². The lowest BCUT2D eigenvalue weighted by atomic mass is 10.1. The number of hydrogen-bond donors (Lipinski definition) is 1. The van der Waals surface area contributed by atoms with Gasteiger partial charge in [0.25, 0.3) is 0 Å². The third kappa shape index (κ3) is 1.84. The van der Waals surface area contributed by atoms with Crippen LogP contribution in [-0.2, 0) is 0 Å². The van der Waals surface area contributed by atoms with E-state index in [-0.39, 0.29) is 5.82 Å². The van der Waals surface area contributed by atoms with Crippen LogP contribution in [-0.4, -0.2) is 9.55 Å². The van der Waals surface area contributed by atoms with Crippen LogP contribution in [0.25, 0.3) is 11.3 Å². The summed E-state index contributed by atoms with van der Waals surface area (Å²) in [6, 6.07) is 5.22. The van der Waals surface area contributed by atoms with Gasteiger partial charge in [-0.15, -0.1) is 0 Å². The summed E-state index contributed by atoms with van der Waals surface area (Å²) in [6.07, 6.45) is 3.95. The number of imidazole rings is 1. The Balaban J connectivity index is 2.11. The molecule has 0 spiro atoms. The summed E-state index contributed by atoms with van der Waals surface area (Å²) < 4.78 is 16.5. The van der Waals surface area contributed by atoms with Gasteiger partial charge < -0.3 is 10.3 Å². The number of rotatable bonds is 2. The van der Waals surface area contributed by atoms with E-state index in [1.807, 2.05) is 4.57 Å². The first-order valence-corrected chi connectivity index (χ1v) is 6.24. The van der Waals surface area contributed by atoms with Crippen molar-refractivity contribution in [1.29, 1.82) is 0 Å². The smallest absolute Gasteiger partial charge is 0.132 e. The van der Waals surface area contributed by atoms with E-state index in [0.29, 0.717) is 23.1 Å². The minimum Gasteiger partial charge on any atom is -0.383 e. The number of anilines is 1. The van der Waals surface area contributed by atoms with Gasteiger partial charge in [0.1, 0.15) is 17.3 Å². The largest absolute Gasteiger partial charge is 0.383 e. The molecule has 1 heterocycles. The highest BCUT2D eigenvalue weighted by atomic mass is 79.9. The van der Waals surface area contributed by atoms with E-state index in [2.05, 4.69) is 20.9 Å². The van der Waals surface area contributed by atoms with Crippen molar-refractivity contribution in [2.75, 3.05) is 5.73 Å². The summed E-state index contributed by atoms with van der Waals surface area (Å²) >= 11 is 3.32. The fourth-order valence-electron chi connectivity index (χ4n) is 1.90. The molecule has 0 bridgehead atoms. The first-order valence-electron chi connectivity index (χ1n) is 5.44. The molecule has 3 nitrogen and oxygen atoms in total. The fourth-order valence-corrected chi connectivity index (χ4v) is 2.26. The van der Waals surface area contributed by atoms with Crippen LogP contribution in [0.2, 0.25) is 0 Å². The molecule has 5 heteroatoms. The molecule has 1 aliphatic carbocycles. The van der Waals surface area contributed by atoms with Crippen molar-refractivity contribution in [2.45, 2.75) is 18.9 Å². The van der Waals surface area contributed by atoms with Crippen LogP contribution >= 0.6 is 15.9 Å². The molecule has 1 aliphatic rings. The molecule has 2 aromatic rings. The lowest BCUT2D eigenvalue weighted by Gasteiger charge is -2.05. The van der Waals surface area contributed by atoms with E-state index in [1.54, 1.807) is 18.5 Å². The molecule has 1 aromatic carbocycles. The van der Waals surface area contributed by atoms with Gasteiger partial charge in [0, 0.05) is 16.1 Å². The fraction of sp³-hybridized carbons (Fsp3) is 0.250. The van der Waals surface area contributed by atoms with Gasteiger partial charge in [-0.3, -0.25) is 0 Å². The molecule has 1 aromatic heterocycles. The molecule has 88 valence electrons. The third-order valence-corrected chi connectivity index (χ3v) is 3.45. The molecular formula is C12H11BrFN3. The Morgan fingerprint density at radius 2 is 2.18 bits per heavy atom. The van der Waals surface area contributed by atoms with Gasteiger partial charge >= 0.3 is 0 Å². The van der Waals surface area contributed by atoms with Crippen molar-refractivity contribution in [3.8, 4) is 11.3 Å². The Labute approximate surface area is 107 Å². The lowest BCUT2D eigenvalue weighted by Crippen LogP contribution is -2.00. The molecule has 0 atom stereocenters. The van der Waals surface area contributed by atoms with Crippen LogP contribution in [0, 0.1) is 5.82 Å². The molecule has 2 N–H and O–H groups in total. The highest BCUT2D eigenvalue weighted by Crippen LogP contribution is 2.39. The maximum absolute atomic E-state index is 13.7. The zero-order chi connectivity index (χ0) is 12.0. The normalized spacial score (nSPS) is 15.2. The van der Waals surface area contributed by atoms with Crippen molar-refractivity contribution in [3.63, 3.8) is 0 Å². The molecule has 0 unspecified atom stereocenters.